The summed E-state index contributed by atoms with van der Waals surface area (Å²) in [6.07, 6.45) is 3.40. The lowest BCUT2D eigenvalue weighted by Crippen LogP contribution is -1.99. The zero-order valence-electron chi connectivity index (χ0n) is 12.4. The molecule has 0 saturated heterocycles. The topological polar surface area (TPSA) is 95.2 Å². The molecule has 0 bridgehead atoms. The summed E-state index contributed by atoms with van der Waals surface area (Å²) >= 11 is 10.2. The predicted octanol–water partition coefficient (Wildman–Crippen LogP) is 4.21. The van der Waals surface area contributed by atoms with Gasteiger partial charge in [-0.05, 0) is 64.2 Å². The van der Waals surface area contributed by atoms with Gasteiger partial charge in [0.1, 0.15) is 18.4 Å². The molecule has 4 aromatic rings. The van der Waals surface area contributed by atoms with E-state index in [2.05, 4.69) is 80.9 Å². The van der Waals surface area contributed by atoms with Crippen LogP contribution in [0.25, 0.3) is 21.8 Å². The molecule has 0 aliphatic carbocycles. The van der Waals surface area contributed by atoms with Crippen LogP contribution in [-0.2, 0) is 0 Å². The van der Waals surface area contributed by atoms with Crippen LogP contribution in [0.1, 0.15) is 6.92 Å². The van der Waals surface area contributed by atoms with Crippen molar-refractivity contribution in [1.82, 2.24) is 30.4 Å². The Kier molecular flexibility index (Phi) is 5.71. The van der Waals surface area contributed by atoms with Crippen molar-refractivity contribution in [1.29, 1.82) is 0 Å². The van der Waals surface area contributed by atoms with E-state index in [1.807, 2.05) is 19.1 Å². The molecular weight excluding hydrogens is 555 g/mol. The highest BCUT2D eigenvalue weighted by Crippen LogP contribution is 2.24. The molecule has 4 aromatic heterocycles. The van der Waals surface area contributed by atoms with E-state index in [-0.39, 0.29) is 0 Å². The van der Waals surface area contributed by atoms with E-state index in [0.717, 1.165) is 41.6 Å². The smallest absolute Gasteiger partial charge is 0.141 e. The van der Waals surface area contributed by atoms with E-state index in [4.69, 9.17) is 11.6 Å². The Bertz CT molecular complexity index is 982. The molecule has 0 fully saturated rings. The Morgan fingerprint density at radius 3 is 2.21 bits per heavy atom. The monoisotopic (exact) mass is 567 g/mol. The Morgan fingerprint density at radius 2 is 1.58 bits per heavy atom. The molecular formula is C14H12ClI2N7. The number of aromatic amines is 2. The molecule has 0 unspecified atom stereocenters. The third-order valence-electron chi connectivity index (χ3n) is 3.14. The van der Waals surface area contributed by atoms with Crippen LogP contribution in [-0.4, -0.2) is 36.9 Å². The van der Waals surface area contributed by atoms with E-state index < -0.39 is 0 Å². The standard InChI is InChI=1S/C8H9IN4.C6H3ClIN3/c1-2-10-8-6-5(3-4-11-8)12-13-7(6)9;7-5-4-3(1-2-9-5)10-11-6(4)8/h3-4H,2H2,1H3,(H,10,11)(H,12,13);1-2H,(H,10,11). The number of hydrogen-bond donors (Lipinski definition) is 3. The maximum Gasteiger partial charge on any atom is 0.141 e. The first-order chi connectivity index (χ1) is 11.6. The molecule has 0 radical (unpaired) electrons. The van der Waals surface area contributed by atoms with Crippen molar-refractivity contribution >= 4 is 84.4 Å². The molecule has 0 aromatic carbocycles. The summed E-state index contributed by atoms with van der Waals surface area (Å²) in [7, 11) is 0. The van der Waals surface area contributed by atoms with Crippen LogP contribution in [0.3, 0.4) is 0 Å². The first kappa shape index (κ1) is 17.6. The summed E-state index contributed by atoms with van der Waals surface area (Å²) in [4.78, 5) is 8.19. The van der Waals surface area contributed by atoms with Crippen LogP contribution in [0.2, 0.25) is 5.15 Å². The minimum atomic E-state index is 0.501. The zero-order valence-corrected chi connectivity index (χ0v) is 17.5. The van der Waals surface area contributed by atoms with Crippen LogP contribution in [0.4, 0.5) is 5.82 Å². The Morgan fingerprint density at radius 1 is 1.00 bits per heavy atom. The minimum absolute atomic E-state index is 0.501. The van der Waals surface area contributed by atoms with Crippen molar-refractivity contribution in [2.24, 2.45) is 0 Å². The number of hydrogen-bond acceptors (Lipinski definition) is 5. The molecule has 4 heterocycles. The van der Waals surface area contributed by atoms with Gasteiger partial charge in [-0.3, -0.25) is 10.2 Å². The number of nitrogens with one attached hydrogen (secondary N) is 3. The summed E-state index contributed by atoms with van der Waals surface area (Å²) in [5.41, 5.74) is 1.81. The average Bonchev–Trinajstić information content (AvgIpc) is 3.14. The highest BCUT2D eigenvalue weighted by Gasteiger charge is 2.07. The normalized spacial score (nSPS) is 10.7. The summed E-state index contributed by atoms with van der Waals surface area (Å²) in [5, 5.41) is 19.6. The molecule has 4 rings (SSSR count). The number of H-pyrrole nitrogens is 2. The number of pyridine rings is 2. The third-order valence-corrected chi connectivity index (χ3v) is 4.99. The molecule has 10 heteroatoms. The highest BCUT2D eigenvalue weighted by molar-refractivity contribution is 14.1. The number of rotatable bonds is 2. The second-order valence-corrected chi connectivity index (χ2v) is 7.17. The Hall–Kier alpha value is -1.21. The van der Waals surface area contributed by atoms with Crippen LogP contribution in [0.15, 0.2) is 24.5 Å². The Balaban J connectivity index is 0.000000143. The predicted molar refractivity (Wildman–Crippen MR) is 112 cm³/mol. The summed E-state index contributed by atoms with van der Waals surface area (Å²) in [6, 6.07) is 3.72. The van der Waals surface area contributed by atoms with Crippen molar-refractivity contribution in [2.45, 2.75) is 6.92 Å². The first-order valence-corrected chi connectivity index (χ1v) is 9.52. The lowest BCUT2D eigenvalue weighted by atomic mass is 10.3. The Labute approximate surface area is 169 Å². The van der Waals surface area contributed by atoms with Crippen LogP contribution in [0.5, 0.6) is 0 Å². The number of halogens is 3. The zero-order chi connectivity index (χ0) is 17.1. The maximum atomic E-state index is 5.83. The number of anilines is 1. The number of nitrogens with zero attached hydrogens (tertiary/aromatic N) is 4. The van der Waals surface area contributed by atoms with E-state index in [1.54, 1.807) is 12.4 Å². The van der Waals surface area contributed by atoms with Gasteiger partial charge in [0.2, 0.25) is 0 Å². The number of aromatic nitrogens is 6. The maximum absolute atomic E-state index is 5.83. The van der Waals surface area contributed by atoms with Crippen molar-refractivity contribution in [2.75, 3.05) is 11.9 Å². The van der Waals surface area contributed by atoms with Crippen molar-refractivity contribution in [3.05, 3.63) is 37.1 Å². The van der Waals surface area contributed by atoms with Crippen LogP contribution < -0.4 is 5.32 Å². The van der Waals surface area contributed by atoms with Crippen LogP contribution in [0, 0.1) is 7.40 Å². The highest BCUT2D eigenvalue weighted by atomic mass is 127. The molecule has 0 aliphatic heterocycles. The molecule has 0 spiro atoms. The molecule has 0 aliphatic rings. The van der Waals surface area contributed by atoms with Gasteiger partial charge in [-0.1, -0.05) is 11.6 Å². The lowest BCUT2D eigenvalue weighted by Gasteiger charge is -2.02. The van der Waals surface area contributed by atoms with Gasteiger partial charge in [0.05, 0.1) is 21.8 Å². The third kappa shape index (κ3) is 3.57. The summed E-state index contributed by atoms with van der Waals surface area (Å²) in [6.45, 7) is 2.92. The molecule has 7 nitrogen and oxygen atoms in total. The summed E-state index contributed by atoms with van der Waals surface area (Å²) < 4.78 is 1.95. The molecule has 0 saturated carbocycles. The fraction of sp³-hybridized carbons (Fsp3) is 0.143. The fourth-order valence-corrected chi connectivity index (χ4v) is 3.83. The first-order valence-electron chi connectivity index (χ1n) is 6.98. The minimum Gasteiger partial charge on any atom is -0.370 e. The van der Waals surface area contributed by atoms with Gasteiger partial charge in [-0.25, -0.2) is 9.97 Å². The second-order valence-electron chi connectivity index (χ2n) is 4.66. The van der Waals surface area contributed by atoms with Gasteiger partial charge in [0.25, 0.3) is 0 Å². The molecule has 124 valence electrons. The average molecular weight is 568 g/mol. The SMILES string of the molecule is CCNc1nccc2n[nH]c(I)c12.Clc1nccc2n[nH]c(I)c12. The van der Waals surface area contributed by atoms with Gasteiger partial charge in [-0.2, -0.15) is 10.2 Å². The van der Waals surface area contributed by atoms with Crippen molar-refractivity contribution in [3.8, 4) is 0 Å². The lowest BCUT2D eigenvalue weighted by molar-refractivity contribution is 1.09. The van der Waals surface area contributed by atoms with Gasteiger partial charge >= 0.3 is 0 Å². The van der Waals surface area contributed by atoms with E-state index in [0.29, 0.717) is 5.15 Å². The number of fused-ring (bicyclic) bond motifs is 2. The molecule has 24 heavy (non-hydrogen) atoms. The van der Waals surface area contributed by atoms with Gasteiger partial charge in [0.15, 0.2) is 0 Å². The van der Waals surface area contributed by atoms with E-state index >= 15 is 0 Å². The van der Waals surface area contributed by atoms with Gasteiger partial charge in [-0.15, -0.1) is 0 Å². The fourth-order valence-electron chi connectivity index (χ4n) is 2.12. The van der Waals surface area contributed by atoms with Gasteiger partial charge in [0, 0.05) is 18.9 Å². The summed E-state index contributed by atoms with van der Waals surface area (Å²) in [5.74, 6) is 0.901. The van der Waals surface area contributed by atoms with Crippen molar-refractivity contribution < 1.29 is 0 Å². The molecule has 0 amide bonds. The molecule has 3 N–H and O–H groups in total. The van der Waals surface area contributed by atoms with E-state index in [9.17, 15) is 0 Å². The largest absolute Gasteiger partial charge is 0.370 e. The van der Waals surface area contributed by atoms with Crippen molar-refractivity contribution in [3.63, 3.8) is 0 Å². The van der Waals surface area contributed by atoms with Gasteiger partial charge < -0.3 is 5.32 Å². The van der Waals surface area contributed by atoms with Crippen LogP contribution >= 0.6 is 56.8 Å². The molecule has 0 atom stereocenters. The van der Waals surface area contributed by atoms with E-state index in [1.165, 1.54) is 0 Å². The second kappa shape index (κ2) is 7.78. The quantitative estimate of drug-likeness (QED) is 0.249.